The Kier molecular flexibility index (Phi) is 6.86. The molecule has 4 rings (SSSR count). The SMILES string of the molecule is CC(C)(CO)NC(=O)COc1ccc(C2C=C(c3ccccc3)c3cc(Br)ccc3N2)cc1. The maximum Gasteiger partial charge on any atom is 0.258 e. The number of nitrogens with one attached hydrogen (secondary N) is 2. The first kappa shape index (κ1) is 23.1. The smallest absolute Gasteiger partial charge is 0.258 e. The van der Waals surface area contributed by atoms with Crippen molar-refractivity contribution in [2.75, 3.05) is 18.5 Å². The van der Waals surface area contributed by atoms with Crippen LogP contribution in [-0.4, -0.2) is 29.8 Å². The van der Waals surface area contributed by atoms with E-state index in [1.165, 1.54) is 11.1 Å². The van der Waals surface area contributed by atoms with E-state index in [1.54, 1.807) is 13.8 Å². The third-order valence-electron chi connectivity index (χ3n) is 5.48. The average Bonchev–Trinajstić information content (AvgIpc) is 2.83. The summed E-state index contributed by atoms with van der Waals surface area (Å²) in [6.45, 7) is 3.26. The van der Waals surface area contributed by atoms with Crippen LogP contribution in [0.1, 0.15) is 36.6 Å². The molecule has 3 aromatic rings. The number of anilines is 1. The van der Waals surface area contributed by atoms with Crippen LogP contribution in [0, 0.1) is 0 Å². The minimum Gasteiger partial charge on any atom is -0.484 e. The number of ether oxygens (including phenoxy) is 1. The Labute approximate surface area is 202 Å². The fourth-order valence-corrected chi connectivity index (χ4v) is 4.11. The van der Waals surface area contributed by atoms with Gasteiger partial charge in [-0.25, -0.2) is 0 Å². The zero-order valence-corrected chi connectivity index (χ0v) is 20.2. The van der Waals surface area contributed by atoms with Gasteiger partial charge in [0.2, 0.25) is 0 Å². The van der Waals surface area contributed by atoms with E-state index in [1.807, 2.05) is 36.4 Å². The highest BCUT2D eigenvalue weighted by atomic mass is 79.9. The van der Waals surface area contributed by atoms with Crippen molar-refractivity contribution in [3.8, 4) is 5.75 Å². The summed E-state index contributed by atoms with van der Waals surface area (Å²) >= 11 is 3.59. The predicted octanol–water partition coefficient (Wildman–Crippen LogP) is 5.31. The van der Waals surface area contributed by atoms with E-state index in [4.69, 9.17) is 4.74 Å². The first-order valence-corrected chi connectivity index (χ1v) is 11.6. The van der Waals surface area contributed by atoms with E-state index in [0.29, 0.717) is 5.75 Å². The third kappa shape index (κ3) is 5.64. The minimum atomic E-state index is -0.675. The number of halogens is 1. The summed E-state index contributed by atoms with van der Waals surface area (Å²) in [5.74, 6) is 0.341. The normalized spacial score (nSPS) is 15.2. The molecule has 5 nitrogen and oxygen atoms in total. The second kappa shape index (κ2) is 9.81. The van der Waals surface area contributed by atoms with Crippen LogP contribution in [-0.2, 0) is 4.79 Å². The maximum atomic E-state index is 12.0. The number of rotatable bonds is 7. The molecule has 0 saturated carbocycles. The van der Waals surface area contributed by atoms with Crippen LogP contribution in [0.5, 0.6) is 5.75 Å². The van der Waals surface area contributed by atoms with Crippen molar-refractivity contribution < 1.29 is 14.6 Å². The average molecular weight is 507 g/mol. The number of aliphatic hydroxyl groups excluding tert-OH is 1. The van der Waals surface area contributed by atoms with Crippen LogP contribution >= 0.6 is 15.9 Å². The molecule has 1 amide bonds. The fourth-order valence-electron chi connectivity index (χ4n) is 3.75. The molecule has 33 heavy (non-hydrogen) atoms. The minimum absolute atomic E-state index is 0.00316. The van der Waals surface area contributed by atoms with E-state index >= 15 is 0 Å². The van der Waals surface area contributed by atoms with Gasteiger partial charge in [0.15, 0.2) is 6.61 Å². The second-order valence-electron chi connectivity index (χ2n) is 8.71. The Balaban J connectivity index is 1.52. The molecule has 0 spiro atoms. The third-order valence-corrected chi connectivity index (χ3v) is 5.98. The Morgan fingerprint density at radius 2 is 1.82 bits per heavy atom. The molecule has 1 aliphatic rings. The number of hydrogen-bond donors (Lipinski definition) is 3. The van der Waals surface area contributed by atoms with Gasteiger partial charge in [-0.1, -0.05) is 58.4 Å². The van der Waals surface area contributed by atoms with E-state index in [-0.39, 0.29) is 25.2 Å². The van der Waals surface area contributed by atoms with Gasteiger partial charge in [0.05, 0.1) is 18.2 Å². The lowest BCUT2D eigenvalue weighted by molar-refractivity contribution is -0.125. The summed E-state index contributed by atoms with van der Waals surface area (Å²) in [7, 11) is 0. The van der Waals surface area contributed by atoms with Gasteiger partial charge < -0.3 is 20.5 Å². The van der Waals surface area contributed by atoms with Gasteiger partial charge in [-0.3, -0.25) is 4.79 Å². The van der Waals surface area contributed by atoms with Crippen LogP contribution in [0.4, 0.5) is 5.69 Å². The predicted molar refractivity (Wildman–Crippen MR) is 135 cm³/mol. The molecule has 0 bridgehead atoms. The molecule has 0 fully saturated rings. The molecule has 1 heterocycles. The molecule has 0 aromatic heterocycles. The quantitative estimate of drug-likeness (QED) is 0.405. The fraction of sp³-hybridized carbons (Fsp3) is 0.222. The summed E-state index contributed by atoms with van der Waals surface area (Å²) in [5, 5.41) is 15.6. The molecule has 0 radical (unpaired) electrons. The standard InChI is InChI=1S/C27H27BrN2O3/c1-27(2,17-31)30-26(32)16-33-21-11-8-19(9-12-21)25-15-22(18-6-4-3-5-7-18)23-14-20(28)10-13-24(23)29-25/h3-15,25,29,31H,16-17H2,1-2H3,(H,30,32). The van der Waals surface area contributed by atoms with Gasteiger partial charge in [-0.2, -0.15) is 0 Å². The summed E-state index contributed by atoms with van der Waals surface area (Å²) in [6.07, 6.45) is 2.24. The van der Waals surface area contributed by atoms with Crippen molar-refractivity contribution in [3.63, 3.8) is 0 Å². The lowest BCUT2D eigenvalue weighted by atomic mass is 9.89. The number of hydrogen-bond acceptors (Lipinski definition) is 4. The van der Waals surface area contributed by atoms with Crippen LogP contribution in [0.25, 0.3) is 5.57 Å². The van der Waals surface area contributed by atoms with Crippen molar-refractivity contribution in [2.45, 2.75) is 25.4 Å². The van der Waals surface area contributed by atoms with E-state index in [9.17, 15) is 9.90 Å². The number of carbonyl (C=O) groups is 1. The number of benzene rings is 3. The number of carbonyl (C=O) groups excluding carboxylic acids is 1. The summed E-state index contributed by atoms with van der Waals surface area (Å²) in [4.78, 5) is 12.0. The lowest BCUT2D eigenvalue weighted by Gasteiger charge is -2.27. The molecular formula is C27H27BrN2O3. The number of aliphatic hydroxyl groups is 1. The topological polar surface area (TPSA) is 70.6 Å². The largest absolute Gasteiger partial charge is 0.484 e. The Morgan fingerprint density at radius 3 is 2.52 bits per heavy atom. The van der Waals surface area contributed by atoms with Crippen LogP contribution in [0.2, 0.25) is 0 Å². The highest BCUT2D eigenvalue weighted by Crippen LogP contribution is 2.40. The zero-order chi connectivity index (χ0) is 23.4. The Hall–Kier alpha value is -3.09. The molecule has 0 aliphatic carbocycles. The first-order chi connectivity index (χ1) is 15.8. The molecule has 3 N–H and O–H groups in total. The Bertz CT molecular complexity index is 1160. The van der Waals surface area contributed by atoms with Gasteiger partial charge in [-0.05, 0) is 67.0 Å². The maximum absolute atomic E-state index is 12.0. The molecule has 170 valence electrons. The Morgan fingerprint density at radius 1 is 1.09 bits per heavy atom. The van der Waals surface area contributed by atoms with E-state index in [0.717, 1.165) is 21.3 Å². The van der Waals surface area contributed by atoms with Crippen molar-refractivity contribution in [2.24, 2.45) is 0 Å². The van der Waals surface area contributed by atoms with Crippen molar-refractivity contribution in [1.82, 2.24) is 5.32 Å². The first-order valence-electron chi connectivity index (χ1n) is 10.8. The molecule has 1 atom stereocenters. The van der Waals surface area contributed by atoms with E-state index in [2.05, 4.69) is 69.0 Å². The molecular weight excluding hydrogens is 480 g/mol. The number of amides is 1. The summed E-state index contributed by atoms with van der Waals surface area (Å²) < 4.78 is 6.66. The van der Waals surface area contributed by atoms with Gasteiger partial charge in [0, 0.05) is 15.7 Å². The van der Waals surface area contributed by atoms with E-state index < -0.39 is 5.54 Å². The van der Waals surface area contributed by atoms with Gasteiger partial charge in [0.25, 0.3) is 5.91 Å². The highest BCUT2D eigenvalue weighted by Gasteiger charge is 2.22. The van der Waals surface area contributed by atoms with Crippen molar-refractivity contribution in [1.29, 1.82) is 0 Å². The number of fused-ring (bicyclic) bond motifs is 1. The molecule has 1 aliphatic heterocycles. The molecule has 3 aromatic carbocycles. The molecule has 0 saturated heterocycles. The van der Waals surface area contributed by atoms with Crippen molar-refractivity contribution >= 4 is 33.1 Å². The molecule has 6 heteroatoms. The second-order valence-corrected chi connectivity index (χ2v) is 9.62. The van der Waals surface area contributed by atoms with Crippen LogP contribution in [0.3, 0.4) is 0 Å². The summed E-state index contributed by atoms with van der Waals surface area (Å²) in [5.41, 5.74) is 5.00. The van der Waals surface area contributed by atoms with Gasteiger partial charge in [-0.15, -0.1) is 0 Å². The van der Waals surface area contributed by atoms with Crippen molar-refractivity contribution in [3.05, 3.63) is 100 Å². The van der Waals surface area contributed by atoms with Crippen LogP contribution in [0.15, 0.2) is 83.3 Å². The monoisotopic (exact) mass is 506 g/mol. The molecule has 1 unspecified atom stereocenters. The van der Waals surface area contributed by atoms with Crippen LogP contribution < -0.4 is 15.4 Å². The summed E-state index contributed by atoms with van der Waals surface area (Å²) in [6, 6.07) is 24.4. The lowest BCUT2D eigenvalue weighted by Crippen LogP contribution is -2.48. The van der Waals surface area contributed by atoms with Gasteiger partial charge >= 0.3 is 0 Å². The highest BCUT2D eigenvalue weighted by molar-refractivity contribution is 9.10. The van der Waals surface area contributed by atoms with Gasteiger partial charge in [0.1, 0.15) is 5.75 Å². The zero-order valence-electron chi connectivity index (χ0n) is 18.6.